The first-order valence-electron chi connectivity index (χ1n) is 7.15. The standard InChI is InChI=1S/C16H16ClNO4/c17-10-3-1-9(2-4-10)7-8-18-15(19)13-11-5-6-12(22-11)14(13)16(20)21/h1-6,11-14H,7-8H2,(H,18,19)(H,20,21). The molecule has 116 valence electrons. The van der Waals surface area contributed by atoms with E-state index < -0.39 is 30.0 Å². The van der Waals surface area contributed by atoms with E-state index in [9.17, 15) is 14.7 Å². The molecule has 1 aromatic rings. The molecule has 0 spiro atoms. The number of carbonyl (C=O) groups excluding carboxylic acids is 1. The van der Waals surface area contributed by atoms with Crippen molar-refractivity contribution in [3.05, 3.63) is 47.0 Å². The van der Waals surface area contributed by atoms with Gasteiger partial charge in [0.2, 0.25) is 5.91 Å². The SMILES string of the molecule is O=C(O)C1C2C=CC(O2)C1C(=O)NCCc1ccc(Cl)cc1. The van der Waals surface area contributed by atoms with Crippen LogP contribution >= 0.6 is 11.6 Å². The fraction of sp³-hybridized carbons (Fsp3) is 0.375. The minimum Gasteiger partial charge on any atom is -0.481 e. The monoisotopic (exact) mass is 321 g/mol. The minimum atomic E-state index is -0.991. The van der Waals surface area contributed by atoms with Crippen LogP contribution < -0.4 is 5.32 Å². The van der Waals surface area contributed by atoms with E-state index in [0.29, 0.717) is 18.0 Å². The quantitative estimate of drug-likeness (QED) is 0.809. The van der Waals surface area contributed by atoms with Crippen molar-refractivity contribution < 1.29 is 19.4 Å². The van der Waals surface area contributed by atoms with Crippen molar-refractivity contribution in [2.45, 2.75) is 18.6 Å². The van der Waals surface area contributed by atoms with Crippen LogP contribution in [0.25, 0.3) is 0 Å². The Labute approximate surface area is 132 Å². The molecule has 5 nitrogen and oxygen atoms in total. The molecule has 1 aromatic carbocycles. The molecule has 2 aliphatic heterocycles. The second-order valence-electron chi connectivity index (χ2n) is 5.51. The topological polar surface area (TPSA) is 75.6 Å². The molecular formula is C16H16ClNO4. The Kier molecular flexibility index (Phi) is 4.18. The summed E-state index contributed by atoms with van der Waals surface area (Å²) in [6.45, 7) is 0.449. The van der Waals surface area contributed by atoms with Gasteiger partial charge < -0.3 is 15.2 Å². The minimum absolute atomic E-state index is 0.266. The molecule has 1 fully saturated rings. The summed E-state index contributed by atoms with van der Waals surface area (Å²) in [5.74, 6) is -2.71. The van der Waals surface area contributed by atoms with Gasteiger partial charge in [-0.3, -0.25) is 9.59 Å². The molecule has 1 saturated heterocycles. The molecule has 2 N–H and O–H groups in total. The summed E-state index contributed by atoms with van der Waals surface area (Å²) in [7, 11) is 0. The first-order chi connectivity index (χ1) is 10.6. The van der Waals surface area contributed by atoms with Crippen molar-refractivity contribution in [3.63, 3.8) is 0 Å². The van der Waals surface area contributed by atoms with Crippen LogP contribution in [0.1, 0.15) is 5.56 Å². The number of carboxylic acids is 1. The normalized spacial score (nSPS) is 28.8. The molecule has 2 bridgehead atoms. The molecule has 2 heterocycles. The van der Waals surface area contributed by atoms with Crippen molar-refractivity contribution in [2.24, 2.45) is 11.8 Å². The first kappa shape index (κ1) is 15.1. The highest BCUT2D eigenvalue weighted by atomic mass is 35.5. The van der Waals surface area contributed by atoms with E-state index in [4.69, 9.17) is 16.3 Å². The van der Waals surface area contributed by atoms with Crippen LogP contribution in [0.5, 0.6) is 0 Å². The lowest BCUT2D eigenvalue weighted by Gasteiger charge is -2.20. The molecule has 0 aromatic heterocycles. The van der Waals surface area contributed by atoms with E-state index in [1.807, 2.05) is 12.1 Å². The number of hydrogen-bond donors (Lipinski definition) is 2. The predicted molar refractivity (Wildman–Crippen MR) is 80.6 cm³/mol. The van der Waals surface area contributed by atoms with Gasteiger partial charge in [0.1, 0.15) is 5.92 Å². The predicted octanol–water partition coefficient (Wildman–Crippen LogP) is 1.65. The molecule has 1 amide bonds. The van der Waals surface area contributed by atoms with Gasteiger partial charge in [0.05, 0.1) is 18.1 Å². The highest BCUT2D eigenvalue weighted by Crippen LogP contribution is 2.39. The number of halogens is 1. The number of hydrogen-bond acceptors (Lipinski definition) is 3. The number of rotatable bonds is 5. The van der Waals surface area contributed by atoms with E-state index in [1.54, 1.807) is 24.3 Å². The fourth-order valence-electron chi connectivity index (χ4n) is 3.01. The molecule has 3 rings (SSSR count). The molecule has 0 saturated carbocycles. The van der Waals surface area contributed by atoms with Gasteiger partial charge in [0.15, 0.2) is 0 Å². The smallest absolute Gasteiger partial charge is 0.310 e. The van der Waals surface area contributed by atoms with Gasteiger partial charge >= 0.3 is 5.97 Å². The first-order valence-corrected chi connectivity index (χ1v) is 7.53. The zero-order valence-electron chi connectivity index (χ0n) is 11.7. The molecule has 22 heavy (non-hydrogen) atoms. The lowest BCUT2D eigenvalue weighted by Crippen LogP contribution is -2.43. The Balaban J connectivity index is 1.56. The van der Waals surface area contributed by atoms with Crippen molar-refractivity contribution in [1.82, 2.24) is 5.32 Å². The van der Waals surface area contributed by atoms with Crippen molar-refractivity contribution in [1.29, 1.82) is 0 Å². The number of carboxylic acid groups (broad SMARTS) is 1. The third-order valence-electron chi connectivity index (χ3n) is 4.11. The fourth-order valence-corrected chi connectivity index (χ4v) is 3.14. The van der Waals surface area contributed by atoms with Crippen molar-refractivity contribution in [2.75, 3.05) is 6.54 Å². The van der Waals surface area contributed by atoms with Crippen LogP contribution in [0.4, 0.5) is 0 Å². The molecule has 6 heteroatoms. The highest BCUT2D eigenvalue weighted by molar-refractivity contribution is 6.30. The summed E-state index contributed by atoms with van der Waals surface area (Å²) in [4.78, 5) is 23.6. The number of benzene rings is 1. The maximum Gasteiger partial charge on any atom is 0.310 e. The van der Waals surface area contributed by atoms with Gasteiger partial charge in [-0.1, -0.05) is 35.9 Å². The van der Waals surface area contributed by atoms with Gasteiger partial charge in [-0.2, -0.15) is 0 Å². The number of ether oxygens (including phenoxy) is 1. The Morgan fingerprint density at radius 2 is 1.77 bits per heavy atom. The Bertz CT molecular complexity index is 613. The summed E-state index contributed by atoms with van der Waals surface area (Å²) >= 11 is 5.82. The number of amides is 1. The maximum absolute atomic E-state index is 12.3. The zero-order valence-corrected chi connectivity index (χ0v) is 12.5. The summed E-state index contributed by atoms with van der Waals surface area (Å²) in [5.41, 5.74) is 1.06. The summed E-state index contributed by atoms with van der Waals surface area (Å²) in [5, 5.41) is 12.8. The molecule has 0 aliphatic carbocycles. The van der Waals surface area contributed by atoms with Crippen LogP contribution in [0, 0.1) is 11.8 Å². The number of carbonyl (C=O) groups is 2. The molecule has 0 radical (unpaired) electrons. The van der Waals surface area contributed by atoms with Crippen LogP contribution in [-0.4, -0.2) is 35.7 Å². The summed E-state index contributed by atoms with van der Waals surface area (Å²) in [6, 6.07) is 7.40. The van der Waals surface area contributed by atoms with Crippen LogP contribution in [0.2, 0.25) is 5.02 Å². The molecule has 2 aliphatic rings. The molecule has 4 unspecified atom stereocenters. The number of fused-ring (bicyclic) bond motifs is 2. The largest absolute Gasteiger partial charge is 0.481 e. The van der Waals surface area contributed by atoms with E-state index in [-0.39, 0.29) is 5.91 Å². The van der Waals surface area contributed by atoms with Gasteiger partial charge in [-0.25, -0.2) is 0 Å². The number of nitrogens with one attached hydrogen (secondary N) is 1. The van der Waals surface area contributed by atoms with E-state index >= 15 is 0 Å². The van der Waals surface area contributed by atoms with Gasteiger partial charge in [-0.15, -0.1) is 0 Å². The Morgan fingerprint density at radius 1 is 1.14 bits per heavy atom. The lowest BCUT2D eigenvalue weighted by atomic mass is 9.82. The van der Waals surface area contributed by atoms with Crippen LogP contribution in [-0.2, 0) is 20.7 Å². The second kappa shape index (κ2) is 6.10. The third-order valence-corrected chi connectivity index (χ3v) is 4.37. The highest BCUT2D eigenvalue weighted by Gasteiger charge is 2.53. The maximum atomic E-state index is 12.3. The van der Waals surface area contributed by atoms with Gasteiger partial charge in [0, 0.05) is 11.6 Å². The van der Waals surface area contributed by atoms with E-state index in [2.05, 4.69) is 5.32 Å². The Hall–Kier alpha value is -1.85. The van der Waals surface area contributed by atoms with E-state index in [0.717, 1.165) is 5.56 Å². The number of aliphatic carboxylic acids is 1. The molecule has 4 atom stereocenters. The lowest BCUT2D eigenvalue weighted by molar-refractivity contribution is -0.146. The van der Waals surface area contributed by atoms with Crippen molar-refractivity contribution in [3.8, 4) is 0 Å². The molecular weight excluding hydrogens is 306 g/mol. The van der Waals surface area contributed by atoms with Gasteiger partial charge in [-0.05, 0) is 24.1 Å². The van der Waals surface area contributed by atoms with Crippen molar-refractivity contribution >= 4 is 23.5 Å². The van der Waals surface area contributed by atoms with Gasteiger partial charge in [0.25, 0.3) is 0 Å². The van der Waals surface area contributed by atoms with E-state index in [1.165, 1.54) is 0 Å². The average Bonchev–Trinajstić information content (AvgIpc) is 3.09. The second-order valence-corrected chi connectivity index (χ2v) is 5.94. The third kappa shape index (κ3) is 2.87. The summed E-state index contributed by atoms with van der Waals surface area (Å²) < 4.78 is 5.49. The van der Waals surface area contributed by atoms with Crippen LogP contribution in [0.15, 0.2) is 36.4 Å². The average molecular weight is 322 g/mol. The Morgan fingerprint density at radius 3 is 2.41 bits per heavy atom. The summed E-state index contributed by atoms with van der Waals surface area (Å²) in [6.07, 6.45) is 3.24. The van der Waals surface area contributed by atoms with Crippen LogP contribution in [0.3, 0.4) is 0 Å². The zero-order chi connectivity index (χ0) is 15.7.